The Balaban J connectivity index is 1.41. The average Bonchev–Trinajstić information content (AvgIpc) is 3.32. The molecular weight excluding hydrogens is 380 g/mol. The minimum atomic E-state index is -0.0427. The van der Waals surface area contributed by atoms with E-state index in [1.54, 1.807) is 7.11 Å². The molecule has 0 atom stereocenters. The van der Waals surface area contributed by atoms with Crippen LogP contribution in [-0.2, 0) is 4.74 Å². The van der Waals surface area contributed by atoms with E-state index in [2.05, 4.69) is 10.2 Å². The second-order valence-electron chi connectivity index (χ2n) is 8.96. The van der Waals surface area contributed by atoms with E-state index in [1.165, 1.54) is 32.1 Å². The number of hydrogen-bond donors (Lipinski definition) is 1. The van der Waals surface area contributed by atoms with Crippen LogP contribution in [0.3, 0.4) is 0 Å². The predicted octanol–water partition coefficient (Wildman–Crippen LogP) is 3.78. The van der Waals surface area contributed by atoms with Crippen LogP contribution >= 0.6 is 0 Å². The Kier molecular flexibility index (Phi) is 7.16. The summed E-state index contributed by atoms with van der Waals surface area (Å²) in [6.45, 7) is 4.17. The van der Waals surface area contributed by atoms with Crippen molar-refractivity contribution in [1.82, 2.24) is 10.2 Å². The lowest BCUT2D eigenvalue weighted by Gasteiger charge is -2.48. The first-order chi connectivity index (χ1) is 14.7. The maximum absolute atomic E-state index is 13.0. The van der Waals surface area contributed by atoms with Crippen LogP contribution in [0.1, 0.15) is 68.1 Å². The molecule has 6 nitrogen and oxygen atoms in total. The van der Waals surface area contributed by atoms with E-state index in [-0.39, 0.29) is 17.6 Å². The van der Waals surface area contributed by atoms with Gasteiger partial charge in [-0.2, -0.15) is 0 Å². The molecule has 4 rings (SSSR count). The molecule has 0 spiro atoms. The molecule has 3 fully saturated rings. The molecule has 1 aromatic rings. The number of carbonyl (C=O) groups excluding carboxylic acids is 1. The molecule has 1 heterocycles. The van der Waals surface area contributed by atoms with Crippen LogP contribution in [0.4, 0.5) is 0 Å². The fraction of sp³-hybridized carbons (Fsp3) is 0.708. The van der Waals surface area contributed by atoms with Crippen molar-refractivity contribution in [2.24, 2.45) is 0 Å². The van der Waals surface area contributed by atoms with Crippen molar-refractivity contribution in [3.05, 3.63) is 23.8 Å². The Morgan fingerprint density at radius 2 is 1.83 bits per heavy atom. The normalized spacial score (nSPS) is 22.6. The van der Waals surface area contributed by atoms with Crippen molar-refractivity contribution in [3.8, 4) is 11.5 Å². The number of benzene rings is 1. The first kappa shape index (κ1) is 21.4. The largest absolute Gasteiger partial charge is 0.493 e. The number of morpholine rings is 1. The van der Waals surface area contributed by atoms with E-state index in [0.29, 0.717) is 17.9 Å². The van der Waals surface area contributed by atoms with Crippen LogP contribution in [0, 0.1) is 0 Å². The van der Waals surface area contributed by atoms with E-state index >= 15 is 0 Å². The second-order valence-corrected chi connectivity index (χ2v) is 8.96. The average molecular weight is 417 g/mol. The lowest BCUT2D eigenvalue weighted by molar-refractivity contribution is -0.0361. The highest BCUT2D eigenvalue weighted by Gasteiger charge is 2.38. The van der Waals surface area contributed by atoms with Gasteiger partial charge in [-0.05, 0) is 56.7 Å². The molecule has 166 valence electrons. The summed E-state index contributed by atoms with van der Waals surface area (Å²) in [7, 11) is 1.63. The van der Waals surface area contributed by atoms with Crippen LogP contribution in [0.5, 0.6) is 11.5 Å². The third-order valence-corrected chi connectivity index (χ3v) is 7.07. The summed E-state index contributed by atoms with van der Waals surface area (Å²) in [6, 6.07) is 5.54. The van der Waals surface area contributed by atoms with Gasteiger partial charge in [-0.1, -0.05) is 19.3 Å². The molecule has 30 heavy (non-hydrogen) atoms. The van der Waals surface area contributed by atoms with E-state index in [4.69, 9.17) is 14.2 Å². The minimum absolute atomic E-state index is 0.0427. The smallest absolute Gasteiger partial charge is 0.251 e. The Hall–Kier alpha value is -1.79. The molecule has 1 saturated heterocycles. The van der Waals surface area contributed by atoms with Gasteiger partial charge in [0.1, 0.15) is 0 Å². The molecule has 1 aliphatic heterocycles. The Labute approximate surface area is 180 Å². The van der Waals surface area contributed by atoms with Crippen LogP contribution in [-0.4, -0.2) is 62.4 Å². The van der Waals surface area contributed by atoms with Crippen LogP contribution in [0.25, 0.3) is 0 Å². The standard InChI is InChI=1S/C24H36N2O4/c1-28-22-17-19(9-10-21(22)30-20-7-3-4-8-20)23(27)25-18-24(11-5-2-6-12-24)26-13-15-29-16-14-26/h9-10,17,20H,2-8,11-16,18H2,1H3,(H,25,27). The van der Waals surface area contributed by atoms with Gasteiger partial charge in [-0.25, -0.2) is 0 Å². The van der Waals surface area contributed by atoms with Gasteiger partial charge >= 0.3 is 0 Å². The summed E-state index contributed by atoms with van der Waals surface area (Å²) in [5.74, 6) is 1.33. The lowest BCUT2D eigenvalue weighted by Crippen LogP contribution is -2.59. The lowest BCUT2D eigenvalue weighted by atomic mass is 9.79. The number of ether oxygens (including phenoxy) is 3. The van der Waals surface area contributed by atoms with Crippen LogP contribution < -0.4 is 14.8 Å². The van der Waals surface area contributed by atoms with Gasteiger partial charge in [0.05, 0.1) is 26.4 Å². The molecule has 2 aliphatic carbocycles. The van der Waals surface area contributed by atoms with Crippen molar-refractivity contribution in [2.45, 2.75) is 69.4 Å². The molecule has 0 unspecified atom stereocenters. The van der Waals surface area contributed by atoms with E-state index in [1.807, 2.05) is 18.2 Å². The fourth-order valence-corrected chi connectivity index (χ4v) is 5.29. The van der Waals surface area contributed by atoms with Gasteiger partial charge < -0.3 is 19.5 Å². The predicted molar refractivity (Wildman–Crippen MR) is 116 cm³/mol. The number of nitrogens with one attached hydrogen (secondary N) is 1. The summed E-state index contributed by atoms with van der Waals surface area (Å²) in [5, 5.41) is 3.23. The first-order valence-electron chi connectivity index (χ1n) is 11.7. The summed E-state index contributed by atoms with van der Waals surface area (Å²) >= 11 is 0. The molecule has 6 heteroatoms. The first-order valence-corrected chi connectivity index (χ1v) is 11.7. The van der Waals surface area contributed by atoms with E-state index < -0.39 is 0 Å². The van der Waals surface area contributed by atoms with E-state index in [9.17, 15) is 4.79 Å². The molecule has 2 saturated carbocycles. The number of nitrogens with zero attached hydrogens (tertiary/aromatic N) is 1. The van der Waals surface area contributed by atoms with Gasteiger partial charge in [0.25, 0.3) is 5.91 Å². The SMILES string of the molecule is COc1cc(C(=O)NCC2(N3CCOCC3)CCCCC2)ccc1OC1CCCC1. The molecule has 1 amide bonds. The Bertz CT molecular complexity index is 705. The highest BCUT2D eigenvalue weighted by molar-refractivity contribution is 5.95. The van der Waals surface area contributed by atoms with Crippen molar-refractivity contribution >= 4 is 5.91 Å². The maximum atomic E-state index is 13.0. The van der Waals surface area contributed by atoms with Crippen molar-refractivity contribution in [1.29, 1.82) is 0 Å². The third kappa shape index (κ3) is 4.92. The Morgan fingerprint density at radius 3 is 2.53 bits per heavy atom. The molecule has 3 aliphatic rings. The van der Waals surface area contributed by atoms with Crippen molar-refractivity contribution in [3.63, 3.8) is 0 Å². The molecule has 0 aromatic heterocycles. The zero-order valence-electron chi connectivity index (χ0n) is 18.3. The van der Waals surface area contributed by atoms with Gasteiger partial charge in [0, 0.05) is 30.7 Å². The number of hydrogen-bond acceptors (Lipinski definition) is 5. The minimum Gasteiger partial charge on any atom is -0.493 e. The van der Waals surface area contributed by atoms with Crippen molar-refractivity contribution < 1.29 is 19.0 Å². The summed E-state index contributed by atoms with van der Waals surface area (Å²) in [4.78, 5) is 15.5. The number of carbonyl (C=O) groups is 1. The molecule has 0 bridgehead atoms. The topological polar surface area (TPSA) is 60.0 Å². The van der Waals surface area contributed by atoms with Gasteiger partial charge in [0.15, 0.2) is 11.5 Å². The second kappa shape index (κ2) is 10.0. The molecule has 1 aromatic carbocycles. The maximum Gasteiger partial charge on any atom is 0.251 e. The quantitative estimate of drug-likeness (QED) is 0.733. The zero-order valence-corrected chi connectivity index (χ0v) is 18.3. The van der Waals surface area contributed by atoms with E-state index in [0.717, 1.165) is 57.7 Å². The molecule has 0 radical (unpaired) electrons. The highest BCUT2D eigenvalue weighted by Crippen LogP contribution is 2.35. The zero-order chi connectivity index (χ0) is 20.8. The fourth-order valence-electron chi connectivity index (χ4n) is 5.29. The van der Waals surface area contributed by atoms with Gasteiger partial charge in [-0.3, -0.25) is 9.69 Å². The Morgan fingerprint density at radius 1 is 1.10 bits per heavy atom. The van der Waals surface area contributed by atoms with Gasteiger partial charge in [-0.15, -0.1) is 0 Å². The summed E-state index contributed by atoms with van der Waals surface area (Å²) in [5.41, 5.74) is 0.686. The molecular formula is C24H36N2O4. The van der Waals surface area contributed by atoms with Gasteiger partial charge in [0.2, 0.25) is 0 Å². The summed E-state index contributed by atoms with van der Waals surface area (Å²) in [6.07, 6.45) is 10.9. The van der Waals surface area contributed by atoms with Crippen molar-refractivity contribution in [2.75, 3.05) is 40.0 Å². The summed E-state index contributed by atoms with van der Waals surface area (Å²) < 4.78 is 17.2. The number of amides is 1. The highest BCUT2D eigenvalue weighted by atomic mass is 16.5. The number of rotatable bonds is 7. The number of methoxy groups -OCH3 is 1. The van der Waals surface area contributed by atoms with Crippen LogP contribution in [0.2, 0.25) is 0 Å². The van der Waals surface area contributed by atoms with Crippen LogP contribution in [0.15, 0.2) is 18.2 Å². The third-order valence-electron chi connectivity index (χ3n) is 7.07. The molecule has 1 N–H and O–H groups in total. The monoisotopic (exact) mass is 416 g/mol.